The van der Waals surface area contributed by atoms with Crippen molar-refractivity contribution >= 4 is 5.97 Å². The first kappa shape index (κ1) is 10.5. The lowest BCUT2D eigenvalue weighted by Crippen LogP contribution is -2.21. The van der Waals surface area contributed by atoms with Crippen LogP contribution in [-0.4, -0.2) is 23.3 Å². The predicted molar refractivity (Wildman–Crippen MR) is 49.3 cm³/mol. The van der Waals surface area contributed by atoms with Gasteiger partial charge < -0.3 is 9.84 Å². The maximum Gasteiger partial charge on any atom is 0.308 e. The van der Waals surface area contributed by atoms with E-state index in [2.05, 4.69) is 0 Å². The summed E-state index contributed by atoms with van der Waals surface area (Å²) in [5.41, 5.74) is 0. The molecule has 2 atom stereocenters. The molecule has 1 aliphatic rings. The van der Waals surface area contributed by atoms with Crippen LogP contribution < -0.4 is 0 Å². The minimum absolute atomic E-state index is 0.0119. The largest absolute Gasteiger partial charge is 0.463 e. The zero-order valence-electron chi connectivity index (χ0n) is 8.16. The van der Waals surface area contributed by atoms with Gasteiger partial charge in [0, 0.05) is 0 Å². The molecule has 0 spiro atoms. The Kier molecular flexibility index (Phi) is 4.22. The fraction of sp³-hybridized carbons (Fsp3) is 0.900. The second-order valence-electron chi connectivity index (χ2n) is 3.80. The van der Waals surface area contributed by atoms with Crippen LogP contribution in [0.25, 0.3) is 0 Å². The van der Waals surface area contributed by atoms with Gasteiger partial charge in [0.1, 0.15) is 0 Å². The van der Waals surface area contributed by atoms with Gasteiger partial charge in [-0.1, -0.05) is 12.8 Å². The molecule has 1 fully saturated rings. The summed E-state index contributed by atoms with van der Waals surface area (Å²) in [5.74, 6) is -0.262. The third-order valence-electron chi connectivity index (χ3n) is 2.38. The fourth-order valence-electron chi connectivity index (χ4n) is 1.61. The number of aliphatic hydroxyl groups excluding tert-OH is 1. The summed E-state index contributed by atoms with van der Waals surface area (Å²) in [5, 5.41) is 9.39. The first-order valence-electron chi connectivity index (χ1n) is 5.06. The quantitative estimate of drug-likeness (QED) is 0.585. The minimum atomic E-state index is -0.502. The van der Waals surface area contributed by atoms with Crippen LogP contribution in [0.2, 0.25) is 0 Å². The van der Waals surface area contributed by atoms with E-state index in [9.17, 15) is 9.90 Å². The van der Waals surface area contributed by atoms with Crippen LogP contribution in [0, 0.1) is 0 Å². The molecular weight excluding hydrogens is 168 g/mol. The van der Waals surface area contributed by atoms with Gasteiger partial charge in [0.25, 0.3) is 0 Å². The van der Waals surface area contributed by atoms with Crippen LogP contribution in [0.4, 0.5) is 0 Å². The van der Waals surface area contributed by atoms with Crippen molar-refractivity contribution in [2.45, 2.75) is 57.7 Å². The topological polar surface area (TPSA) is 46.5 Å². The molecule has 0 radical (unpaired) electrons. The molecule has 3 nitrogen and oxygen atoms in total. The molecule has 3 heteroatoms. The van der Waals surface area contributed by atoms with Crippen LogP contribution >= 0.6 is 0 Å². The van der Waals surface area contributed by atoms with E-state index in [1.54, 1.807) is 0 Å². The average molecular weight is 186 g/mol. The van der Waals surface area contributed by atoms with Gasteiger partial charge in [0.2, 0.25) is 0 Å². The number of rotatable bonds is 0. The number of ether oxygens (including phenoxy) is 1. The van der Waals surface area contributed by atoms with Gasteiger partial charge in [-0.15, -0.1) is 0 Å². The Morgan fingerprint density at radius 2 is 2.00 bits per heavy atom. The molecule has 13 heavy (non-hydrogen) atoms. The molecule has 0 saturated carbocycles. The van der Waals surface area contributed by atoms with Crippen molar-refractivity contribution in [3.63, 3.8) is 0 Å². The Labute approximate surface area is 79.1 Å². The van der Waals surface area contributed by atoms with E-state index >= 15 is 0 Å². The van der Waals surface area contributed by atoms with E-state index in [-0.39, 0.29) is 18.5 Å². The van der Waals surface area contributed by atoms with Crippen molar-refractivity contribution in [2.75, 3.05) is 0 Å². The van der Waals surface area contributed by atoms with Crippen molar-refractivity contribution in [3.8, 4) is 0 Å². The van der Waals surface area contributed by atoms with Crippen molar-refractivity contribution in [1.82, 2.24) is 0 Å². The zero-order chi connectivity index (χ0) is 9.68. The summed E-state index contributed by atoms with van der Waals surface area (Å²) in [7, 11) is 0. The van der Waals surface area contributed by atoms with Crippen molar-refractivity contribution in [2.24, 2.45) is 0 Å². The Bertz CT molecular complexity index is 152. The lowest BCUT2D eigenvalue weighted by atomic mass is 10.0. The third kappa shape index (κ3) is 4.27. The third-order valence-corrected chi connectivity index (χ3v) is 2.38. The Morgan fingerprint density at radius 1 is 1.31 bits per heavy atom. The summed E-state index contributed by atoms with van der Waals surface area (Å²) in [6, 6.07) is 0. The molecule has 0 unspecified atom stereocenters. The highest BCUT2D eigenvalue weighted by atomic mass is 16.5. The predicted octanol–water partition coefficient (Wildman–Crippen LogP) is 1.63. The highest BCUT2D eigenvalue weighted by molar-refractivity contribution is 5.70. The molecule has 0 aromatic carbocycles. The smallest absolute Gasteiger partial charge is 0.308 e. The van der Waals surface area contributed by atoms with Gasteiger partial charge in [-0.25, -0.2) is 0 Å². The number of hydrogen-bond acceptors (Lipinski definition) is 3. The van der Waals surface area contributed by atoms with Gasteiger partial charge >= 0.3 is 5.97 Å². The SMILES string of the molecule is C[C@@H]1CCCCC[C@@H](O)CC(=O)O1. The van der Waals surface area contributed by atoms with Crippen LogP contribution in [0.5, 0.6) is 0 Å². The normalized spacial score (nSPS) is 32.3. The maximum absolute atomic E-state index is 11.1. The number of cyclic esters (lactones) is 1. The Hall–Kier alpha value is -0.570. The van der Waals surface area contributed by atoms with Crippen LogP contribution in [0.1, 0.15) is 45.4 Å². The molecule has 76 valence electrons. The molecule has 1 N–H and O–H groups in total. The van der Waals surface area contributed by atoms with E-state index in [0.717, 1.165) is 32.1 Å². The molecule has 0 aliphatic carbocycles. The molecule has 0 amide bonds. The zero-order valence-corrected chi connectivity index (χ0v) is 8.16. The number of hydrogen-bond donors (Lipinski definition) is 1. The number of carbonyl (C=O) groups is 1. The second kappa shape index (κ2) is 5.22. The molecule has 0 bridgehead atoms. The van der Waals surface area contributed by atoms with Gasteiger partial charge in [-0.2, -0.15) is 0 Å². The highest BCUT2D eigenvalue weighted by Gasteiger charge is 2.16. The summed E-state index contributed by atoms with van der Waals surface area (Å²) < 4.78 is 5.10. The van der Waals surface area contributed by atoms with E-state index < -0.39 is 6.10 Å². The molecular formula is C10H18O3. The van der Waals surface area contributed by atoms with Crippen molar-refractivity contribution in [3.05, 3.63) is 0 Å². The van der Waals surface area contributed by atoms with E-state index in [1.807, 2.05) is 6.92 Å². The first-order valence-corrected chi connectivity index (χ1v) is 5.06. The maximum atomic E-state index is 11.1. The fourth-order valence-corrected chi connectivity index (χ4v) is 1.61. The number of esters is 1. The van der Waals surface area contributed by atoms with Gasteiger partial charge in [-0.3, -0.25) is 4.79 Å². The van der Waals surface area contributed by atoms with Crippen LogP contribution in [0.15, 0.2) is 0 Å². The summed E-state index contributed by atoms with van der Waals surface area (Å²) in [4.78, 5) is 11.1. The van der Waals surface area contributed by atoms with E-state index in [1.165, 1.54) is 0 Å². The summed E-state index contributed by atoms with van der Waals surface area (Å²) >= 11 is 0. The average Bonchev–Trinajstić information content (AvgIpc) is 2.02. The minimum Gasteiger partial charge on any atom is -0.463 e. The van der Waals surface area contributed by atoms with Gasteiger partial charge in [-0.05, 0) is 26.2 Å². The first-order chi connectivity index (χ1) is 6.18. The Balaban J connectivity index is 2.39. The standard InChI is InChI=1S/C10H18O3/c1-8-5-3-2-4-6-9(11)7-10(12)13-8/h8-9,11H,2-7H2,1H3/t8-,9-/m1/s1. The molecule has 0 aromatic heterocycles. The molecule has 1 saturated heterocycles. The van der Waals surface area contributed by atoms with E-state index in [0.29, 0.717) is 0 Å². The number of carbonyl (C=O) groups excluding carboxylic acids is 1. The monoisotopic (exact) mass is 186 g/mol. The summed E-state index contributed by atoms with van der Waals surface area (Å²) in [6.07, 6.45) is 4.56. The number of aliphatic hydroxyl groups is 1. The molecule has 1 aliphatic heterocycles. The lowest BCUT2D eigenvalue weighted by Gasteiger charge is -2.17. The molecule has 1 heterocycles. The molecule has 0 aromatic rings. The lowest BCUT2D eigenvalue weighted by molar-refractivity contribution is -0.151. The van der Waals surface area contributed by atoms with Gasteiger partial charge in [0.05, 0.1) is 18.6 Å². The van der Waals surface area contributed by atoms with Crippen LogP contribution in [-0.2, 0) is 9.53 Å². The van der Waals surface area contributed by atoms with E-state index in [4.69, 9.17) is 4.74 Å². The van der Waals surface area contributed by atoms with Crippen molar-refractivity contribution < 1.29 is 14.6 Å². The summed E-state index contributed by atoms with van der Waals surface area (Å²) in [6.45, 7) is 1.91. The highest BCUT2D eigenvalue weighted by Crippen LogP contribution is 2.14. The van der Waals surface area contributed by atoms with Crippen molar-refractivity contribution in [1.29, 1.82) is 0 Å². The van der Waals surface area contributed by atoms with Gasteiger partial charge in [0.15, 0.2) is 0 Å². The van der Waals surface area contributed by atoms with Crippen LogP contribution in [0.3, 0.4) is 0 Å². The second-order valence-corrected chi connectivity index (χ2v) is 3.80. The Morgan fingerprint density at radius 3 is 2.77 bits per heavy atom. The molecule has 1 rings (SSSR count).